The highest BCUT2D eigenvalue weighted by molar-refractivity contribution is 5.63. The highest BCUT2D eigenvalue weighted by Gasteiger charge is 2.60. The molecule has 3 saturated heterocycles. The number of piperidine rings is 2. The SMILES string of the molecule is CCC12CCC3N(CCC4c5ccccc5NC43CC1)C2. The van der Waals surface area contributed by atoms with Gasteiger partial charge in [-0.2, -0.15) is 0 Å². The molecule has 1 aliphatic carbocycles. The molecule has 1 aromatic carbocycles. The van der Waals surface area contributed by atoms with Crippen LogP contribution in [0.3, 0.4) is 0 Å². The zero-order valence-electron chi connectivity index (χ0n) is 13.1. The Morgan fingerprint density at radius 2 is 2.10 bits per heavy atom. The van der Waals surface area contributed by atoms with Gasteiger partial charge in [0.25, 0.3) is 0 Å². The Bertz CT molecular complexity index is 583. The first-order valence-electron chi connectivity index (χ1n) is 8.88. The van der Waals surface area contributed by atoms with Crippen molar-refractivity contribution in [1.82, 2.24) is 4.90 Å². The minimum Gasteiger partial charge on any atom is -0.377 e. The van der Waals surface area contributed by atoms with Crippen LogP contribution >= 0.6 is 0 Å². The van der Waals surface area contributed by atoms with Crippen LogP contribution in [0.15, 0.2) is 24.3 Å². The van der Waals surface area contributed by atoms with Crippen molar-refractivity contribution in [2.75, 3.05) is 18.4 Å². The van der Waals surface area contributed by atoms with Crippen molar-refractivity contribution >= 4 is 5.69 Å². The molecule has 2 nitrogen and oxygen atoms in total. The number of nitrogens with one attached hydrogen (secondary N) is 1. The Labute approximate surface area is 127 Å². The third-order valence-corrected chi connectivity index (χ3v) is 7.37. The molecule has 4 fully saturated rings. The van der Waals surface area contributed by atoms with Crippen LogP contribution in [-0.2, 0) is 0 Å². The molecule has 4 heterocycles. The number of para-hydroxylation sites is 1. The fourth-order valence-corrected chi connectivity index (χ4v) is 6.16. The lowest BCUT2D eigenvalue weighted by molar-refractivity contribution is 0.0113. The molecule has 112 valence electrons. The van der Waals surface area contributed by atoms with Gasteiger partial charge >= 0.3 is 0 Å². The summed E-state index contributed by atoms with van der Waals surface area (Å²) in [5, 5.41) is 4.05. The normalized spacial score (nSPS) is 46.4. The van der Waals surface area contributed by atoms with Crippen molar-refractivity contribution in [3.8, 4) is 0 Å². The molecular weight excluding hydrogens is 256 g/mol. The van der Waals surface area contributed by atoms with Crippen LogP contribution in [0.4, 0.5) is 5.69 Å². The second kappa shape index (κ2) is 4.04. The molecule has 1 N–H and O–H groups in total. The summed E-state index contributed by atoms with van der Waals surface area (Å²) in [6.07, 6.45) is 8.38. The summed E-state index contributed by atoms with van der Waals surface area (Å²) in [5.41, 5.74) is 3.99. The maximum absolute atomic E-state index is 4.05. The van der Waals surface area contributed by atoms with E-state index in [4.69, 9.17) is 0 Å². The molecule has 6 rings (SSSR count). The summed E-state index contributed by atoms with van der Waals surface area (Å²) < 4.78 is 0. The Balaban J connectivity index is 1.63. The van der Waals surface area contributed by atoms with E-state index in [1.54, 1.807) is 5.56 Å². The van der Waals surface area contributed by atoms with Crippen molar-refractivity contribution < 1.29 is 0 Å². The molecule has 5 atom stereocenters. The second-order valence-corrected chi connectivity index (χ2v) is 7.97. The summed E-state index contributed by atoms with van der Waals surface area (Å²) in [7, 11) is 0. The van der Waals surface area contributed by atoms with Crippen molar-refractivity contribution in [3.63, 3.8) is 0 Å². The summed E-state index contributed by atoms with van der Waals surface area (Å²) in [5.74, 6) is 0.751. The van der Waals surface area contributed by atoms with Crippen LogP contribution in [0, 0.1) is 5.41 Å². The Morgan fingerprint density at radius 3 is 3.00 bits per heavy atom. The Hall–Kier alpha value is -1.02. The smallest absolute Gasteiger partial charge is 0.0598 e. The van der Waals surface area contributed by atoms with E-state index in [1.807, 2.05) is 0 Å². The van der Waals surface area contributed by atoms with E-state index < -0.39 is 0 Å². The van der Waals surface area contributed by atoms with E-state index in [2.05, 4.69) is 41.4 Å². The summed E-state index contributed by atoms with van der Waals surface area (Å²) in [4.78, 5) is 2.86. The third kappa shape index (κ3) is 1.47. The van der Waals surface area contributed by atoms with Gasteiger partial charge in [-0.1, -0.05) is 25.1 Å². The summed E-state index contributed by atoms with van der Waals surface area (Å²) in [6, 6.07) is 9.88. The van der Waals surface area contributed by atoms with Gasteiger partial charge in [0.1, 0.15) is 0 Å². The van der Waals surface area contributed by atoms with Crippen LogP contribution in [0.2, 0.25) is 0 Å². The molecule has 0 amide bonds. The maximum Gasteiger partial charge on any atom is 0.0598 e. The van der Waals surface area contributed by atoms with Gasteiger partial charge in [-0.3, -0.25) is 4.90 Å². The largest absolute Gasteiger partial charge is 0.377 e. The number of rotatable bonds is 1. The van der Waals surface area contributed by atoms with E-state index in [0.29, 0.717) is 11.0 Å². The van der Waals surface area contributed by atoms with Gasteiger partial charge in [0, 0.05) is 24.2 Å². The number of hydrogen-bond donors (Lipinski definition) is 1. The number of hydrogen-bond acceptors (Lipinski definition) is 2. The van der Waals surface area contributed by atoms with Crippen LogP contribution in [-0.4, -0.2) is 29.6 Å². The third-order valence-electron chi connectivity index (χ3n) is 7.37. The van der Waals surface area contributed by atoms with Crippen LogP contribution in [0.1, 0.15) is 56.9 Å². The van der Waals surface area contributed by atoms with Gasteiger partial charge < -0.3 is 5.32 Å². The van der Waals surface area contributed by atoms with Gasteiger partial charge in [0.15, 0.2) is 0 Å². The standard InChI is InChI=1S/C19H26N2/c1-2-18-9-7-17-19(11-10-18)15(8-12-21(17)13-18)14-5-3-4-6-16(14)20-19/h3-6,15,17,20H,2,7-13H2,1H3. The molecule has 21 heavy (non-hydrogen) atoms. The van der Waals surface area contributed by atoms with Gasteiger partial charge in [-0.25, -0.2) is 0 Å². The van der Waals surface area contributed by atoms with Crippen LogP contribution < -0.4 is 5.32 Å². The number of anilines is 1. The lowest BCUT2D eigenvalue weighted by atomic mass is 9.69. The first-order chi connectivity index (χ1) is 10.3. The Morgan fingerprint density at radius 1 is 1.19 bits per heavy atom. The van der Waals surface area contributed by atoms with E-state index in [-0.39, 0.29) is 0 Å². The minimum atomic E-state index is 0.343. The number of nitrogens with zero attached hydrogens (tertiary/aromatic N) is 1. The predicted molar refractivity (Wildman–Crippen MR) is 86.7 cm³/mol. The van der Waals surface area contributed by atoms with E-state index >= 15 is 0 Å². The van der Waals surface area contributed by atoms with Gasteiger partial charge in [0.05, 0.1) is 5.54 Å². The van der Waals surface area contributed by atoms with Crippen molar-refractivity contribution in [1.29, 1.82) is 0 Å². The molecule has 4 bridgehead atoms. The van der Waals surface area contributed by atoms with E-state index in [0.717, 1.165) is 12.0 Å². The predicted octanol–water partition coefficient (Wildman–Crippen LogP) is 3.99. The molecule has 0 aromatic heterocycles. The topological polar surface area (TPSA) is 15.3 Å². The van der Waals surface area contributed by atoms with Crippen molar-refractivity contribution in [3.05, 3.63) is 29.8 Å². The monoisotopic (exact) mass is 282 g/mol. The molecule has 5 unspecified atom stereocenters. The first kappa shape index (κ1) is 12.5. The average molecular weight is 282 g/mol. The molecular formula is C19H26N2. The molecule has 0 radical (unpaired) electrons. The lowest BCUT2D eigenvalue weighted by Gasteiger charge is -2.53. The average Bonchev–Trinajstić information content (AvgIpc) is 2.73. The van der Waals surface area contributed by atoms with E-state index in [9.17, 15) is 0 Å². The van der Waals surface area contributed by atoms with E-state index in [1.165, 1.54) is 57.3 Å². The lowest BCUT2D eigenvalue weighted by Crippen LogP contribution is -2.62. The van der Waals surface area contributed by atoms with Crippen LogP contribution in [0.5, 0.6) is 0 Å². The highest BCUT2D eigenvalue weighted by Crippen LogP contribution is 2.59. The van der Waals surface area contributed by atoms with Gasteiger partial charge in [-0.05, 0) is 62.1 Å². The molecule has 5 aliphatic rings. The molecule has 4 aliphatic heterocycles. The number of fused-ring (bicyclic) bond motifs is 4. The highest BCUT2D eigenvalue weighted by atomic mass is 15.3. The summed E-state index contributed by atoms with van der Waals surface area (Å²) in [6.45, 7) is 5.10. The fraction of sp³-hybridized carbons (Fsp3) is 0.684. The maximum atomic E-state index is 4.05. The molecule has 1 aromatic rings. The number of benzene rings is 1. The van der Waals surface area contributed by atoms with Gasteiger partial charge in [-0.15, -0.1) is 0 Å². The summed E-state index contributed by atoms with van der Waals surface area (Å²) >= 11 is 0. The minimum absolute atomic E-state index is 0.343. The van der Waals surface area contributed by atoms with Crippen LogP contribution in [0.25, 0.3) is 0 Å². The molecule has 2 heteroatoms. The zero-order valence-corrected chi connectivity index (χ0v) is 13.1. The quantitative estimate of drug-likeness (QED) is 0.838. The Kier molecular flexibility index (Phi) is 2.41. The van der Waals surface area contributed by atoms with Crippen molar-refractivity contribution in [2.45, 2.75) is 62.9 Å². The zero-order chi connectivity index (χ0) is 14.1. The molecule has 1 saturated carbocycles. The fourth-order valence-electron chi connectivity index (χ4n) is 6.16. The van der Waals surface area contributed by atoms with Gasteiger partial charge in [0.2, 0.25) is 0 Å². The second-order valence-electron chi connectivity index (χ2n) is 7.97. The molecule has 1 spiro atoms. The van der Waals surface area contributed by atoms with Crippen molar-refractivity contribution in [2.24, 2.45) is 5.41 Å². The first-order valence-corrected chi connectivity index (χ1v) is 8.88.